The number of hydrogen-bond donors (Lipinski definition) is 2. The summed E-state index contributed by atoms with van der Waals surface area (Å²) < 4.78 is 30.7. The first-order chi connectivity index (χ1) is 9.98. The minimum Gasteiger partial charge on any atom is -0.497 e. The molecule has 2 aliphatic rings. The summed E-state index contributed by atoms with van der Waals surface area (Å²) in [6.45, 7) is 0.889. The maximum atomic E-state index is 11.4. The molecule has 1 saturated heterocycles. The lowest BCUT2D eigenvalue weighted by molar-refractivity contribution is 0.233. The average molecular weight is 311 g/mol. The van der Waals surface area contributed by atoms with E-state index < -0.39 is 10.2 Å². The highest BCUT2D eigenvalue weighted by molar-refractivity contribution is 7.87. The van der Waals surface area contributed by atoms with Gasteiger partial charge in [-0.15, -0.1) is 0 Å². The predicted octanol–water partition coefficient (Wildman–Crippen LogP) is 0.766. The van der Waals surface area contributed by atoms with E-state index in [1.54, 1.807) is 7.11 Å². The fourth-order valence-corrected chi connectivity index (χ4v) is 3.88. The van der Waals surface area contributed by atoms with Crippen molar-refractivity contribution < 1.29 is 13.2 Å². The molecule has 1 aliphatic heterocycles. The van der Waals surface area contributed by atoms with Crippen molar-refractivity contribution >= 4 is 10.2 Å². The van der Waals surface area contributed by atoms with E-state index in [-0.39, 0.29) is 12.1 Å². The number of methoxy groups -OCH3 is 1. The third-order valence-electron chi connectivity index (χ3n) is 4.20. The van der Waals surface area contributed by atoms with Gasteiger partial charge < -0.3 is 4.74 Å². The van der Waals surface area contributed by atoms with Crippen molar-refractivity contribution in [3.8, 4) is 5.75 Å². The van der Waals surface area contributed by atoms with Crippen LogP contribution in [0.4, 0.5) is 0 Å². The summed E-state index contributed by atoms with van der Waals surface area (Å²) in [4.78, 5) is 2.39. The summed E-state index contributed by atoms with van der Waals surface area (Å²) in [5.41, 5.74) is 1.07. The smallest absolute Gasteiger partial charge is 0.274 e. The van der Waals surface area contributed by atoms with E-state index in [9.17, 15) is 8.42 Å². The Labute approximate surface area is 125 Å². The average Bonchev–Trinajstić information content (AvgIpc) is 3.19. The first-order valence-corrected chi connectivity index (χ1v) is 8.72. The molecular formula is C14H21N3O3S. The first-order valence-electron chi connectivity index (χ1n) is 7.17. The molecule has 1 aromatic rings. The van der Waals surface area contributed by atoms with Gasteiger partial charge in [0.05, 0.1) is 13.2 Å². The fourth-order valence-electron chi connectivity index (χ4n) is 3.22. The maximum absolute atomic E-state index is 11.4. The quantitative estimate of drug-likeness (QED) is 0.841. The highest BCUT2D eigenvalue weighted by atomic mass is 32.2. The second kappa shape index (κ2) is 5.57. The van der Waals surface area contributed by atoms with Crippen molar-refractivity contribution in [2.75, 3.05) is 13.7 Å². The summed E-state index contributed by atoms with van der Waals surface area (Å²) in [6, 6.07) is 8.22. The summed E-state index contributed by atoms with van der Waals surface area (Å²) in [5, 5.41) is 5.17. The van der Waals surface area contributed by atoms with E-state index in [1.807, 2.05) is 24.3 Å². The van der Waals surface area contributed by atoms with Crippen LogP contribution in [0.25, 0.3) is 0 Å². The van der Waals surface area contributed by atoms with Gasteiger partial charge in [0, 0.05) is 18.6 Å². The van der Waals surface area contributed by atoms with Gasteiger partial charge in [0.25, 0.3) is 10.2 Å². The van der Waals surface area contributed by atoms with Crippen molar-refractivity contribution in [3.05, 3.63) is 29.8 Å². The van der Waals surface area contributed by atoms with Gasteiger partial charge in [-0.25, -0.2) is 5.14 Å². The highest BCUT2D eigenvalue weighted by Gasteiger charge is 2.43. The lowest BCUT2D eigenvalue weighted by Crippen LogP contribution is -2.43. The van der Waals surface area contributed by atoms with Gasteiger partial charge in [0.2, 0.25) is 0 Å². The molecule has 2 atom stereocenters. The molecular weight excluding hydrogens is 290 g/mol. The maximum Gasteiger partial charge on any atom is 0.274 e. The van der Waals surface area contributed by atoms with E-state index in [4.69, 9.17) is 9.88 Å². The number of benzene rings is 1. The van der Waals surface area contributed by atoms with E-state index in [0.717, 1.165) is 24.3 Å². The van der Waals surface area contributed by atoms with Crippen LogP contribution >= 0.6 is 0 Å². The van der Waals surface area contributed by atoms with Gasteiger partial charge in [-0.3, -0.25) is 4.90 Å². The van der Waals surface area contributed by atoms with Crippen LogP contribution in [-0.4, -0.2) is 39.1 Å². The van der Waals surface area contributed by atoms with Crippen molar-refractivity contribution in [1.82, 2.24) is 9.62 Å². The molecule has 7 heteroatoms. The largest absolute Gasteiger partial charge is 0.497 e. The van der Waals surface area contributed by atoms with Gasteiger partial charge in [0.1, 0.15) is 5.75 Å². The van der Waals surface area contributed by atoms with Gasteiger partial charge in [-0.1, -0.05) is 12.1 Å². The number of nitrogens with two attached hydrogens (primary N) is 1. The lowest BCUT2D eigenvalue weighted by atomic mass is 10.0. The second-order valence-corrected chi connectivity index (χ2v) is 7.07. The van der Waals surface area contributed by atoms with Crippen LogP contribution in [-0.2, 0) is 10.2 Å². The summed E-state index contributed by atoms with van der Waals surface area (Å²) in [5.74, 6) is 0.782. The third-order valence-corrected chi connectivity index (χ3v) is 4.83. The number of hydrogen-bond acceptors (Lipinski definition) is 4. The molecule has 3 rings (SSSR count). The molecule has 0 spiro atoms. The number of likely N-dealkylation sites (tertiary alicyclic amines) is 1. The summed E-state index contributed by atoms with van der Waals surface area (Å²) in [7, 11) is -2.07. The Morgan fingerprint density at radius 1 is 1.33 bits per heavy atom. The summed E-state index contributed by atoms with van der Waals surface area (Å²) in [6.07, 6.45) is 3.14. The van der Waals surface area contributed by atoms with E-state index >= 15 is 0 Å². The molecule has 0 amide bonds. The number of rotatable bonds is 5. The Morgan fingerprint density at radius 3 is 2.71 bits per heavy atom. The predicted molar refractivity (Wildman–Crippen MR) is 80.1 cm³/mol. The van der Waals surface area contributed by atoms with Gasteiger partial charge >= 0.3 is 0 Å². The van der Waals surface area contributed by atoms with Crippen LogP contribution in [0.2, 0.25) is 0 Å². The Hall–Kier alpha value is -1.15. The zero-order chi connectivity index (χ0) is 15.0. The van der Waals surface area contributed by atoms with Gasteiger partial charge in [-0.2, -0.15) is 13.1 Å². The van der Waals surface area contributed by atoms with Gasteiger partial charge in [-0.05, 0) is 37.0 Å². The minimum absolute atomic E-state index is 0.0194. The molecule has 116 valence electrons. The molecule has 1 saturated carbocycles. The normalized spacial score (nSPS) is 27.0. The molecule has 1 aliphatic carbocycles. The van der Waals surface area contributed by atoms with E-state index in [2.05, 4.69) is 9.62 Å². The Kier molecular flexibility index (Phi) is 3.92. The Bertz CT molecular complexity index is 616. The number of ether oxygens (including phenoxy) is 1. The molecule has 21 heavy (non-hydrogen) atoms. The van der Waals surface area contributed by atoms with Crippen LogP contribution in [0.3, 0.4) is 0 Å². The monoisotopic (exact) mass is 311 g/mol. The number of nitrogens with one attached hydrogen (secondary N) is 1. The first kappa shape index (κ1) is 14.8. The molecule has 1 heterocycles. The molecule has 2 fully saturated rings. The molecule has 0 unspecified atom stereocenters. The number of nitrogens with zero attached hydrogens (tertiary/aromatic N) is 1. The standard InChI is InChI=1S/C14H21N3O3S/c1-20-12-4-2-3-10(9-12)14-13(16-21(15,18)19)7-8-17(14)11-5-6-11/h2-4,9,11,13-14,16H,5-8H2,1H3,(H2,15,18,19)/t13-,14-/m0/s1. The van der Waals surface area contributed by atoms with Crippen molar-refractivity contribution in [2.45, 2.75) is 37.4 Å². The SMILES string of the molecule is COc1cccc([C@H]2[C@@H](NS(N)(=O)=O)CCN2C2CC2)c1. The molecule has 0 radical (unpaired) electrons. The molecule has 6 nitrogen and oxygen atoms in total. The van der Waals surface area contributed by atoms with Crippen molar-refractivity contribution in [1.29, 1.82) is 0 Å². The Morgan fingerprint density at radius 2 is 2.10 bits per heavy atom. The van der Waals surface area contributed by atoms with Crippen LogP contribution in [0, 0.1) is 0 Å². The zero-order valence-electron chi connectivity index (χ0n) is 12.0. The fraction of sp³-hybridized carbons (Fsp3) is 0.571. The van der Waals surface area contributed by atoms with E-state index in [1.165, 1.54) is 12.8 Å². The minimum atomic E-state index is -3.70. The third kappa shape index (κ3) is 3.37. The molecule has 0 aromatic heterocycles. The topological polar surface area (TPSA) is 84.7 Å². The molecule has 0 bridgehead atoms. The van der Waals surface area contributed by atoms with Crippen LogP contribution in [0.15, 0.2) is 24.3 Å². The van der Waals surface area contributed by atoms with Crippen LogP contribution < -0.4 is 14.6 Å². The molecule has 1 aromatic carbocycles. The summed E-state index contributed by atoms with van der Waals surface area (Å²) >= 11 is 0. The highest BCUT2D eigenvalue weighted by Crippen LogP contribution is 2.41. The zero-order valence-corrected chi connectivity index (χ0v) is 12.8. The van der Waals surface area contributed by atoms with Crippen LogP contribution in [0.5, 0.6) is 5.75 Å². The lowest BCUT2D eigenvalue weighted by Gasteiger charge is -2.28. The second-order valence-electron chi connectivity index (χ2n) is 5.75. The van der Waals surface area contributed by atoms with E-state index in [0.29, 0.717) is 6.04 Å². The Balaban J connectivity index is 1.91. The van der Waals surface area contributed by atoms with Crippen LogP contribution in [0.1, 0.15) is 30.9 Å². The van der Waals surface area contributed by atoms with Gasteiger partial charge in [0.15, 0.2) is 0 Å². The van der Waals surface area contributed by atoms with Crippen molar-refractivity contribution in [2.24, 2.45) is 5.14 Å². The van der Waals surface area contributed by atoms with Crippen molar-refractivity contribution in [3.63, 3.8) is 0 Å². The molecule has 3 N–H and O–H groups in total.